The molecular formula is C12H15N3O2S. The lowest BCUT2D eigenvalue weighted by Gasteiger charge is -2.20. The predicted molar refractivity (Wildman–Crippen MR) is 70.3 cm³/mol. The SMILES string of the molecule is CC(NC(=O)C1=NN(C)C(=O)CC1)c1cccs1. The number of rotatable bonds is 3. The van der Waals surface area contributed by atoms with Gasteiger partial charge in [-0.25, -0.2) is 5.01 Å². The van der Waals surface area contributed by atoms with Gasteiger partial charge in [0.25, 0.3) is 5.91 Å². The van der Waals surface area contributed by atoms with Gasteiger partial charge < -0.3 is 5.32 Å². The Kier molecular flexibility index (Phi) is 3.76. The first-order chi connectivity index (χ1) is 8.58. The van der Waals surface area contributed by atoms with E-state index in [1.165, 1.54) is 5.01 Å². The Hall–Kier alpha value is -1.69. The topological polar surface area (TPSA) is 61.8 Å². The molecule has 0 spiro atoms. The molecule has 1 unspecified atom stereocenters. The van der Waals surface area contributed by atoms with E-state index >= 15 is 0 Å². The minimum absolute atomic E-state index is 0.0388. The molecular weight excluding hydrogens is 250 g/mol. The smallest absolute Gasteiger partial charge is 0.268 e. The Labute approximate surface area is 109 Å². The van der Waals surface area contributed by atoms with E-state index in [9.17, 15) is 9.59 Å². The molecule has 18 heavy (non-hydrogen) atoms. The molecule has 5 nitrogen and oxygen atoms in total. The maximum absolute atomic E-state index is 12.0. The highest BCUT2D eigenvalue weighted by molar-refractivity contribution is 7.10. The summed E-state index contributed by atoms with van der Waals surface area (Å²) in [6.07, 6.45) is 0.752. The summed E-state index contributed by atoms with van der Waals surface area (Å²) >= 11 is 1.60. The van der Waals surface area contributed by atoms with Gasteiger partial charge >= 0.3 is 0 Å². The van der Waals surface area contributed by atoms with E-state index in [1.807, 2.05) is 24.4 Å². The molecule has 1 N–H and O–H groups in total. The molecule has 2 rings (SSSR count). The molecule has 1 aliphatic rings. The van der Waals surface area contributed by atoms with E-state index < -0.39 is 0 Å². The summed E-state index contributed by atoms with van der Waals surface area (Å²) in [7, 11) is 1.57. The summed E-state index contributed by atoms with van der Waals surface area (Å²) in [5.41, 5.74) is 0.417. The summed E-state index contributed by atoms with van der Waals surface area (Å²) in [5.74, 6) is -0.256. The average Bonchev–Trinajstić information content (AvgIpc) is 2.86. The molecule has 0 aromatic carbocycles. The van der Waals surface area contributed by atoms with E-state index in [-0.39, 0.29) is 17.9 Å². The highest BCUT2D eigenvalue weighted by Crippen LogP contribution is 2.18. The van der Waals surface area contributed by atoms with Gasteiger partial charge in [0.2, 0.25) is 5.91 Å². The minimum atomic E-state index is -0.199. The Morgan fingerprint density at radius 1 is 1.56 bits per heavy atom. The van der Waals surface area contributed by atoms with E-state index in [1.54, 1.807) is 18.4 Å². The summed E-state index contributed by atoms with van der Waals surface area (Å²) in [6, 6.07) is 3.89. The number of nitrogens with one attached hydrogen (secondary N) is 1. The Balaban J connectivity index is 2.00. The van der Waals surface area contributed by atoms with Gasteiger partial charge in [-0.2, -0.15) is 5.10 Å². The zero-order valence-corrected chi connectivity index (χ0v) is 11.2. The highest BCUT2D eigenvalue weighted by atomic mass is 32.1. The molecule has 96 valence electrons. The van der Waals surface area contributed by atoms with Crippen molar-refractivity contribution >= 4 is 28.9 Å². The van der Waals surface area contributed by atoms with Crippen molar-refractivity contribution in [2.45, 2.75) is 25.8 Å². The lowest BCUT2D eigenvalue weighted by atomic mass is 10.1. The third kappa shape index (κ3) is 2.76. The van der Waals surface area contributed by atoms with E-state index in [0.29, 0.717) is 18.6 Å². The Bertz CT molecular complexity index is 482. The maximum atomic E-state index is 12.0. The van der Waals surface area contributed by atoms with Crippen molar-refractivity contribution < 1.29 is 9.59 Å². The molecule has 6 heteroatoms. The van der Waals surface area contributed by atoms with Crippen LogP contribution in [0.15, 0.2) is 22.6 Å². The number of amides is 2. The first-order valence-electron chi connectivity index (χ1n) is 5.76. The molecule has 0 radical (unpaired) electrons. The fraction of sp³-hybridized carbons (Fsp3) is 0.417. The van der Waals surface area contributed by atoms with E-state index in [4.69, 9.17) is 0 Å². The van der Waals surface area contributed by atoms with Crippen LogP contribution in [0.25, 0.3) is 0 Å². The number of hydrazone groups is 1. The van der Waals surface area contributed by atoms with Gasteiger partial charge in [0.15, 0.2) is 0 Å². The molecule has 1 aromatic heterocycles. The molecule has 2 amide bonds. The zero-order chi connectivity index (χ0) is 13.1. The first kappa shape index (κ1) is 12.8. The normalized spacial score (nSPS) is 17.3. The molecule has 0 fully saturated rings. The van der Waals surface area contributed by atoms with Gasteiger partial charge in [0, 0.05) is 24.8 Å². The van der Waals surface area contributed by atoms with E-state index in [0.717, 1.165) is 4.88 Å². The van der Waals surface area contributed by atoms with Crippen molar-refractivity contribution in [3.63, 3.8) is 0 Å². The van der Waals surface area contributed by atoms with Crippen molar-refractivity contribution in [1.82, 2.24) is 10.3 Å². The fourth-order valence-electron chi connectivity index (χ4n) is 1.72. The van der Waals surface area contributed by atoms with Crippen LogP contribution in [0.1, 0.15) is 30.7 Å². The average molecular weight is 265 g/mol. The van der Waals surface area contributed by atoms with Gasteiger partial charge in [0.1, 0.15) is 5.71 Å². The maximum Gasteiger partial charge on any atom is 0.268 e. The van der Waals surface area contributed by atoms with Crippen LogP contribution in [0.2, 0.25) is 0 Å². The number of hydrogen-bond donors (Lipinski definition) is 1. The predicted octanol–water partition coefficient (Wildman–Crippen LogP) is 1.53. The third-order valence-electron chi connectivity index (χ3n) is 2.79. The molecule has 0 saturated heterocycles. The molecule has 0 bridgehead atoms. The molecule has 0 saturated carbocycles. The van der Waals surface area contributed by atoms with Crippen molar-refractivity contribution in [3.8, 4) is 0 Å². The standard InChI is InChI=1S/C12H15N3O2S/c1-8(10-4-3-7-18-10)13-12(17)9-5-6-11(16)15(2)14-9/h3-4,7-8H,5-6H2,1-2H3,(H,13,17). The third-order valence-corrected chi connectivity index (χ3v) is 3.84. The largest absolute Gasteiger partial charge is 0.344 e. The van der Waals surface area contributed by atoms with Crippen molar-refractivity contribution in [3.05, 3.63) is 22.4 Å². The van der Waals surface area contributed by atoms with Crippen LogP contribution in [-0.4, -0.2) is 29.6 Å². The summed E-state index contributed by atoms with van der Waals surface area (Å²) in [6.45, 7) is 1.93. The fourth-order valence-corrected chi connectivity index (χ4v) is 2.46. The van der Waals surface area contributed by atoms with Crippen LogP contribution in [-0.2, 0) is 9.59 Å². The molecule has 2 heterocycles. The monoisotopic (exact) mass is 265 g/mol. The number of hydrogen-bond acceptors (Lipinski definition) is 4. The van der Waals surface area contributed by atoms with E-state index in [2.05, 4.69) is 10.4 Å². The van der Waals surface area contributed by atoms with Gasteiger partial charge in [-0.15, -0.1) is 11.3 Å². The molecule has 1 aliphatic heterocycles. The van der Waals surface area contributed by atoms with Crippen molar-refractivity contribution in [2.24, 2.45) is 5.10 Å². The van der Waals surface area contributed by atoms with Crippen molar-refractivity contribution in [1.29, 1.82) is 0 Å². The molecule has 1 aromatic rings. The van der Waals surface area contributed by atoms with Crippen LogP contribution < -0.4 is 5.32 Å². The second kappa shape index (κ2) is 5.30. The zero-order valence-electron chi connectivity index (χ0n) is 10.3. The van der Waals surface area contributed by atoms with Crippen molar-refractivity contribution in [2.75, 3.05) is 7.05 Å². The summed E-state index contributed by atoms with van der Waals surface area (Å²) in [5, 5.41) is 10.1. The number of carbonyl (C=O) groups excluding carboxylic acids is 2. The molecule has 0 aliphatic carbocycles. The molecule has 1 atom stereocenters. The van der Waals surface area contributed by atoms with Crippen LogP contribution in [0.3, 0.4) is 0 Å². The first-order valence-corrected chi connectivity index (χ1v) is 6.64. The van der Waals surface area contributed by atoms with Gasteiger partial charge in [-0.3, -0.25) is 9.59 Å². The van der Waals surface area contributed by atoms with Crippen LogP contribution in [0, 0.1) is 0 Å². The Morgan fingerprint density at radius 2 is 2.33 bits per heavy atom. The lowest BCUT2D eigenvalue weighted by molar-refractivity contribution is -0.130. The van der Waals surface area contributed by atoms with Crippen LogP contribution in [0.5, 0.6) is 0 Å². The number of carbonyl (C=O) groups is 2. The second-order valence-corrected chi connectivity index (χ2v) is 5.15. The highest BCUT2D eigenvalue weighted by Gasteiger charge is 2.23. The van der Waals surface area contributed by atoms with Gasteiger partial charge in [-0.1, -0.05) is 6.07 Å². The number of nitrogens with zero attached hydrogens (tertiary/aromatic N) is 2. The Morgan fingerprint density at radius 3 is 2.94 bits per heavy atom. The van der Waals surface area contributed by atoms with Gasteiger partial charge in [0.05, 0.1) is 6.04 Å². The summed E-state index contributed by atoms with van der Waals surface area (Å²) < 4.78 is 0. The summed E-state index contributed by atoms with van der Waals surface area (Å²) in [4.78, 5) is 24.3. The van der Waals surface area contributed by atoms with Crippen LogP contribution in [0.4, 0.5) is 0 Å². The van der Waals surface area contributed by atoms with Gasteiger partial charge in [-0.05, 0) is 18.4 Å². The second-order valence-electron chi connectivity index (χ2n) is 4.17. The van der Waals surface area contributed by atoms with Crippen LogP contribution >= 0.6 is 11.3 Å². The lowest BCUT2D eigenvalue weighted by Crippen LogP contribution is -2.38. The quantitative estimate of drug-likeness (QED) is 0.901. The number of thiophene rings is 1. The minimum Gasteiger partial charge on any atom is -0.344 e.